The lowest BCUT2D eigenvalue weighted by molar-refractivity contribution is 0.750. The van der Waals surface area contributed by atoms with Gasteiger partial charge in [-0.2, -0.15) is 5.10 Å². The lowest BCUT2D eigenvalue weighted by Gasteiger charge is -2.12. The van der Waals surface area contributed by atoms with E-state index in [1.165, 1.54) is 5.56 Å². The zero-order valence-corrected chi connectivity index (χ0v) is 15.2. The van der Waals surface area contributed by atoms with Gasteiger partial charge in [-0.1, -0.05) is 48.0 Å². The van der Waals surface area contributed by atoms with Gasteiger partial charge < -0.3 is 0 Å². The third-order valence-corrected chi connectivity index (χ3v) is 4.75. The van der Waals surface area contributed by atoms with Crippen LogP contribution in [-0.4, -0.2) is 14.3 Å². The SMILES string of the molecule is Cc1ccc(Cn2c(=O)cc(C)c3c(C)nn(-c4ccccc4)c32)cc1. The quantitative estimate of drug-likeness (QED) is 0.560. The molecule has 0 spiro atoms. The van der Waals surface area contributed by atoms with E-state index in [4.69, 9.17) is 5.10 Å². The Bertz CT molecular complexity index is 1140. The molecule has 0 radical (unpaired) electrons. The molecule has 130 valence electrons. The molecule has 2 aromatic carbocycles. The average Bonchev–Trinajstić information content (AvgIpc) is 2.99. The Morgan fingerprint density at radius 2 is 1.62 bits per heavy atom. The van der Waals surface area contributed by atoms with Gasteiger partial charge in [0.25, 0.3) is 5.56 Å². The van der Waals surface area contributed by atoms with Gasteiger partial charge in [-0.05, 0) is 44.0 Å². The van der Waals surface area contributed by atoms with Crippen LogP contribution in [0, 0.1) is 20.8 Å². The summed E-state index contributed by atoms with van der Waals surface area (Å²) >= 11 is 0. The van der Waals surface area contributed by atoms with Gasteiger partial charge in [-0.25, -0.2) is 4.68 Å². The van der Waals surface area contributed by atoms with E-state index in [-0.39, 0.29) is 5.56 Å². The number of pyridine rings is 1. The minimum Gasteiger partial charge on any atom is -0.288 e. The Hall–Kier alpha value is -3.14. The molecule has 4 nitrogen and oxygen atoms in total. The molecule has 0 saturated carbocycles. The first-order valence-corrected chi connectivity index (χ1v) is 8.75. The molecule has 4 heteroatoms. The molecule has 0 aliphatic rings. The zero-order chi connectivity index (χ0) is 18.3. The second kappa shape index (κ2) is 6.30. The molecule has 0 amide bonds. The van der Waals surface area contributed by atoms with Crippen molar-refractivity contribution in [3.05, 3.63) is 93.4 Å². The van der Waals surface area contributed by atoms with Crippen LogP contribution in [0.25, 0.3) is 16.7 Å². The molecule has 0 fully saturated rings. The predicted octanol–water partition coefficient (Wildman–Crippen LogP) is 4.16. The van der Waals surface area contributed by atoms with E-state index in [2.05, 4.69) is 31.2 Å². The van der Waals surface area contributed by atoms with Crippen molar-refractivity contribution in [2.45, 2.75) is 27.3 Å². The predicted molar refractivity (Wildman–Crippen MR) is 105 cm³/mol. The van der Waals surface area contributed by atoms with Gasteiger partial charge in [0.15, 0.2) is 0 Å². The number of nitrogens with zero attached hydrogens (tertiary/aromatic N) is 3. The van der Waals surface area contributed by atoms with Gasteiger partial charge in [-0.3, -0.25) is 9.36 Å². The van der Waals surface area contributed by atoms with Crippen LogP contribution in [-0.2, 0) is 6.54 Å². The Morgan fingerprint density at radius 3 is 2.31 bits per heavy atom. The number of fused-ring (bicyclic) bond motifs is 1. The molecule has 0 unspecified atom stereocenters. The molecule has 4 aromatic rings. The Morgan fingerprint density at radius 1 is 0.923 bits per heavy atom. The monoisotopic (exact) mass is 343 g/mol. The second-order valence-corrected chi connectivity index (χ2v) is 6.77. The summed E-state index contributed by atoms with van der Waals surface area (Å²) in [7, 11) is 0. The number of aryl methyl sites for hydroxylation is 3. The molecule has 0 bridgehead atoms. The summed E-state index contributed by atoms with van der Waals surface area (Å²) in [4.78, 5) is 12.8. The lowest BCUT2D eigenvalue weighted by atomic mass is 10.1. The van der Waals surface area contributed by atoms with Crippen molar-refractivity contribution in [3.63, 3.8) is 0 Å². The molecule has 0 N–H and O–H groups in total. The van der Waals surface area contributed by atoms with E-state index in [1.807, 2.05) is 53.4 Å². The van der Waals surface area contributed by atoms with Crippen LogP contribution < -0.4 is 5.56 Å². The highest BCUT2D eigenvalue weighted by atomic mass is 16.1. The molecular weight excluding hydrogens is 322 g/mol. The van der Waals surface area contributed by atoms with Crippen molar-refractivity contribution < 1.29 is 0 Å². The molecule has 0 saturated heterocycles. The van der Waals surface area contributed by atoms with Crippen molar-refractivity contribution in [2.24, 2.45) is 0 Å². The maximum absolute atomic E-state index is 12.8. The standard InChI is InChI=1S/C22H21N3O/c1-15-9-11-18(12-10-15)14-24-20(26)13-16(2)21-17(3)23-25(22(21)24)19-7-5-4-6-8-19/h4-13H,14H2,1-3H3. The first-order chi connectivity index (χ1) is 12.5. The Labute approximate surface area is 152 Å². The normalized spacial score (nSPS) is 11.2. The van der Waals surface area contributed by atoms with Crippen LogP contribution in [0.2, 0.25) is 0 Å². The van der Waals surface area contributed by atoms with Crippen molar-refractivity contribution in [1.82, 2.24) is 14.3 Å². The number of benzene rings is 2. The zero-order valence-electron chi connectivity index (χ0n) is 15.2. The number of para-hydroxylation sites is 1. The van der Waals surface area contributed by atoms with E-state index in [0.29, 0.717) is 6.54 Å². The number of hydrogen-bond donors (Lipinski definition) is 0. The summed E-state index contributed by atoms with van der Waals surface area (Å²) in [5, 5.41) is 5.78. The number of rotatable bonds is 3. The van der Waals surface area contributed by atoms with Crippen LogP contribution >= 0.6 is 0 Å². The van der Waals surface area contributed by atoms with Crippen LogP contribution in [0.15, 0.2) is 65.5 Å². The van der Waals surface area contributed by atoms with E-state index >= 15 is 0 Å². The topological polar surface area (TPSA) is 39.8 Å². The minimum atomic E-state index is -0.00680. The molecule has 2 heterocycles. The average molecular weight is 343 g/mol. The van der Waals surface area contributed by atoms with Crippen LogP contribution in [0.4, 0.5) is 0 Å². The van der Waals surface area contributed by atoms with Crippen molar-refractivity contribution in [1.29, 1.82) is 0 Å². The summed E-state index contributed by atoms with van der Waals surface area (Å²) in [5.41, 5.74) is 5.99. The Kier molecular flexibility index (Phi) is 3.96. The van der Waals surface area contributed by atoms with Gasteiger partial charge in [0.05, 0.1) is 17.9 Å². The highest BCUT2D eigenvalue weighted by Gasteiger charge is 2.17. The van der Waals surface area contributed by atoms with E-state index in [9.17, 15) is 4.79 Å². The summed E-state index contributed by atoms with van der Waals surface area (Å²) in [6.45, 7) is 6.56. The minimum absolute atomic E-state index is 0.00680. The fourth-order valence-corrected chi connectivity index (χ4v) is 3.44. The molecule has 26 heavy (non-hydrogen) atoms. The van der Waals surface area contributed by atoms with Crippen molar-refractivity contribution >= 4 is 11.0 Å². The van der Waals surface area contributed by atoms with Crippen LogP contribution in [0.3, 0.4) is 0 Å². The number of hydrogen-bond acceptors (Lipinski definition) is 2. The van der Waals surface area contributed by atoms with Crippen molar-refractivity contribution in [2.75, 3.05) is 0 Å². The fourth-order valence-electron chi connectivity index (χ4n) is 3.44. The molecule has 2 aromatic heterocycles. The maximum atomic E-state index is 12.8. The molecule has 0 aliphatic heterocycles. The third-order valence-electron chi connectivity index (χ3n) is 4.75. The summed E-state index contributed by atoms with van der Waals surface area (Å²) in [6, 6.07) is 20.0. The third kappa shape index (κ3) is 2.73. The van der Waals surface area contributed by atoms with Gasteiger partial charge in [0.2, 0.25) is 0 Å². The molecular formula is C22H21N3O. The first kappa shape index (κ1) is 16.3. The van der Waals surface area contributed by atoms with Gasteiger partial charge in [0, 0.05) is 11.5 Å². The molecule has 4 rings (SSSR count). The summed E-state index contributed by atoms with van der Waals surface area (Å²) in [6.07, 6.45) is 0. The highest BCUT2D eigenvalue weighted by Crippen LogP contribution is 2.24. The fraction of sp³-hybridized carbons (Fsp3) is 0.182. The summed E-state index contributed by atoms with van der Waals surface area (Å²) in [5.74, 6) is 0. The van der Waals surface area contributed by atoms with Gasteiger partial charge in [0.1, 0.15) is 5.65 Å². The molecule has 0 atom stereocenters. The van der Waals surface area contributed by atoms with Gasteiger partial charge in [-0.15, -0.1) is 0 Å². The smallest absolute Gasteiger partial charge is 0.252 e. The largest absolute Gasteiger partial charge is 0.288 e. The van der Waals surface area contributed by atoms with Crippen LogP contribution in [0.5, 0.6) is 0 Å². The van der Waals surface area contributed by atoms with Gasteiger partial charge >= 0.3 is 0 Å². The van der Waals surface area contributed by atoms with Crippen molar-refractivity contribution in [3.8, 4) is 5.69 Å². The van der Waals surface area contributed by atoms with Crippen LogP contribution in [0.1, 0.15) is 22.4 Å². The number of aromatic nitrogens is 3. The molecule has 0 aliphatic carbocycles. The van der Waals surface area contributed by atoms with E-state index in [1.54, 1.807) is 6.07 Å². The second-order valence-electron chi connectivity index (χ2n) is 6.77. The Balaban J connectivity index is 2.00. The highest BCUT2D eigenvalue weighted by molar-refractivity contribution is 5.83. The first-order valence-electron chi connectivity index (χ1n) is 8.75. The van der Waals surface area contributed by atoms with E-state index in [0.717, 1.165) is 33.5 Å². The van der Waals surface area contributed by atoms with E-state index < -0.39 is 0 Å². The lowest BCUT2D eigenvalue weighted by Crippen LogP contribution is -2.22. The summed E-state index contributed by atoms with van der Waals surface area (Å²) < 4.78 is 3.70. The maximum Gasteiger partial charge on any atom is 0.252 e.